The molecule has 0 aliphatic carbocycles. The number of hydrogen-bond acceptors (Lipinski definition) is 2. The summed E-state index contributed by atoms with van der Waals surface area (Å²) in [6.07, 6.45) is 3.42. The zero-order chi connectivity index (χ0) is 12.4. The minimum Gasteiger partial charge on any atom is -0.356 e. The Labute approximate surface area is 98.4 Å². The van der Waals surface area contributed by atoms with E-state index >= 15 is 0 Å². The molecule has 0 bridgehead atoms. The Hall–Kier alpha value is -1.06. The number of carbonyl (C=O) groups is 2. The smallest absolute Gasteiger partial charge is 0.221 e. The van der Waals surface area contributed by atoms with Gasteiger partial charge in [0, 0.05) is 33.0 Å². The van der Waals surface area contributed by atoms with Gasteiger partial charge in [0.15, 0.2) is 0 Å². The van der Waals surface area contributed by atoms with E-state index in [0.29, 0.717) is 13.0 Å². The predicted octanol–water partition coefficient (Wildman–Crippen LogP) is 1.55. The van der Waals surface area contributed by atoms with Crippen LogP contribution in [0, 0.1) is 0 Å². The quantitative estimate of drug-likeness (QED) is 0.641. The van der Waals surface area contributed by atoms with Crippen LogP contribution in [0.25, 0.3) is 0 Å². The Kier molecular flexibility index (Phi) is 8.58. The fraction of sp³-hybridized carbons (Fsp3) is 0.833. The van der Waals surface area contributed by atoms with Crippen LogP contribution in [-0.2, 0) is 9.59 Å². The molecule has 2 amide bonds. The standard InChI is InChI=1S/C12H24N2O2/c1-4-6-8-13-12(16)7-10-14(9-5-2)11(3)15/h4-10H2,1-3H3,(H,13,16). The Morgan fingerprint density at radius 1 is 1.12 bits per heavy atom. The SMILES string of the molecule is CCCCNC(=O)CCN(CCC)C(C)=O. The molecular formula is C12H24N2O2. The maximum atomic E-state index is 11.4. The molecule has 0 unspecified atom stereocenters. The van der Waals surface area contributed by atoms with Gasteiger partial charge in [0.1, 0.15) is 0 Å². The number of rotatable bonds is 8. The summed E-state index contributed by atoms with van der Waals surface area (Å²) < 4.78 is 0. The van der Waals surface area contributed by atoms with E-state index in [1.807, 2.05) is 6.92 Å². The average molecular weight is 228 g/mol. The van der Waals surface area contributed by atoms with E-state index in [4.69, 9.17) is 0 Å². The second-order valence-electron chi connectivity index (χ2n) is 3.96. The molecule has 0 aliphatic rings. The summed E-state index contributed by atoms with van der Waals surface area (Å²) in [4.78, 5) is 24.3. The maximum absolute atomic E-state index is 11.4. The van der Waals surface area contributed by atoms with Crippen LogP contribution in [-0.4, -0.2) is 36.3 Å². The van der Waals surface area contributed by atoms with Gasteiger partial charge >= 0.3 is 0 Å². The molecule has 0 aromatic heterocycles. The summed E-state index contributed by atoms with van der Waals surface area (Å²) in [5, 5.41) is 2.84. The number of unbranched alkanes of at least 4 members (excludes halogenated alkanes) is 1. The Balaban J connectivity index is 3.74. The molecule has 1 N–H and O–H groups in total. The summed E-state index contributed by atoms with van der Waals surface area (Å²) in [6.45, 7) is 7.66. The van der Waals surface area contributed by atoms with Gasteiger partial charge < -0.3 is 10.2 Å². The Morgan fingerprint density at radius 2 is 1.81 bits per heavy atom. The van der Waals surface area contributed by atoms with Gasteiger partial charge in [0.2, 0.25) is 11.8 Å². The fourth-order valence-electron chi connectivity index (χ4n) is 1.43. The number of amides is 2. The van der Waals surface area contributed by atoms with Crippen molar-refractivity contribution in [3.63, 3.8) is 0 Å². The summed E-state index contributed by atoms with van der Waals surface area (Å²) in [7, 11) is 0. The number of nitrogens with zero attached hydrogens (tertiary/aromatic N) is 1. The van der Waals surface area contributed by atoms with Crippen LogP contribution < -0.4 is 5.32 Å². The van der Waals surface area contributed by atoms with Gasteiger partial charge in [-0.25, -0.2) is 0 Å². The lowest BCUT2D eigenvalue weighted by atomic mass is 10.3. The molecule has 0 atom stereocenters. The third kappa shape index (κ3) is 7.26. The summed E-state index contributed by atoms with van der Waals surface area (Å²) in [5.74, 6) is 0.0824. The molecular weight excluding hydrogens is 204 g/mol. The van der Waals surface area contributed by atoms with Gasteiger partial charge in [-0.05, 0) is 12.8 Å². The largest absolute Gasteiger partial charge is 0.356 e. The highest BCUT2D eigenvalue weighted by atomic mass is 16.2. The van der Waals surface area contributed by atoms with E-state index in [0.717, 1.165) is 32.4 Å². The van der Waals surface area contributed by atoms with Crippen LogP contribution in [0.1, 0.15) is 46.5 Å². The third-order valence-electron chi connectivity index (χ3n) is 2.40. The number of carbonyl (C=O) groups excluding carboxylic acids is 2. The highest BCUT2D eigenvalue weighted by Gasteiger charge is 2.09. The molecule has 16 heavy (non-hydrogen) atoms. The molecule has 4 nitrogen and oxygen atoms in total. The van der Waals surface area contributed by atoms with E-state index in [2.05, 4.69) is 12.2 Å². The second-order valence-corrected chi connectivity index (χ2v) is 3.96. The zero-order valence-corrected chi connectivity index (χ0v) is 10.7. The monoisotopic (exact) mass is 228 g/mol. The van der Waals surface area contributed by atoms with Crippen molar-refractivity contribution in [1.82, 2.24) is 10.2 Å². The Morgan fingerprint density at radius 3 is 2.31 bits per heavy atom. The highest BCUT2D eigenvalue weighted by Crippen LogP contribution is 1.95. The minimum absolute atomic E-state index is 0.0378. The van der Waals surface area contributed by atoms with Gasteiger partial charge in [0.05, 0.1) is 0 Å². The molecule has 0 aliphatic heterocycles. The molecule has 0 rings (SSSR count). The molecule has 4 heteroatoms. The van der Waals surface area contributed by atoms with Crippen molar-refractivity contribution in [2.75, 3.05) is 19.6 Å². The normalized spacial score (nSPS) is 9.94. The van der Waals surface area contributed by atoms with E-state index in [-0.39, 0.29) is 11.8 Å². The van der Waals surface area contributed by atoms with Crippen molar-refractivity contribution in [3.05, 3.63) is 0 Å². The lowest BCUT2D eigenvalue weighted by molar-refractivity contribution is -0.129. The van der Waals surface area contributed by atoms with Gasteiger partial charge in [-0.3, -0.25) is 9.59 Å². The van der Waals surface area contributed by atoms with Crippen molar-refractivity contribution < 1.29 is 9.59 Å². The van der Waals surface area contributed by atoms with E-state index in [1.54, 1.807) is 11.8 Å². The molecule has 0 aromatic carbocycles. The summed E-state index contributed by atoms with van der Waals surface area (Å²) >= 11 is 0. The van der Waals surface area contributed by atoms with Crippen LogP contribution in [0.3, 0.4) is 0 Å². The molecule has 0 radical (unpaired) electrons. The number of nitrogens with one attached hydrogen (secondary N) is 1. The molecule has 0 aromatic rings. The topological polar surface area (TPSA) is 49.4 Å². The maximum Gasteiger partial charge on any atom is 0.221 e. The number of hydrogen-bond donors (Lipinski definition) is 1. The van der Waals surface area contributed by atoms with E-state index < -0.39 is 0 Å². The van der Waals surface area contributed by atoms with Crippen LogP contribution in [0.15, 0.2) is 0 Å². The van der Waals surface area contributed by atoms with Crippen molar-refractivity contribution in [2.45, 2.75) is 46.5 Å². The van der Waals surface area contributed by atoms with Crippen LogP contribution in [0.4, 0.5) is 0 Å². The first-order valence-electron chi connectivity index (χ1n) is 6.14. The van der Waals surface area contributed by atoms with Gasteiger partial charge in [-0.2, -0.15) is 0 Å². The van der Waals surface area contributed by atoms with Gasteiger partial charge in [-0.15, -0.1) is 0 Å². The first-order chi connectivity index (χ1) is 7.61. The molecule has 0 saturated heterocycles. The van der Waals surface area contributed by atoms with Crippen molar-refractivity contribution in [1.29, 1.82) is 0 Å². The highest BCUT2D eigenvalue weighted by molar-refractivity contribution is 5.77. The molecule has 94 valence electrons. The van der Waals surface area contributed by atoms with Crippen molar-refractivity contribution in [2.24, 2.45) is 0 Å². The second kappa shape index (κ2) is 9.19. The van der Waals surface area contributed by atoms with Crippen molar-refractivity contribution >= 4 is 11.8 Å². The summed E-state index contributed by atoms with van der Waals surface area (Å²) in [6, 6.07) is 0. The third-order valence-corrected chi connectivity index (χ3v) is 2.40. The molecule has 0 saturated carbocycles. The van der Waals surface area contributed by atoms with E-state index in [1.165, 1.54) is 0 Å². The molecule has 0 spiro atoms. The summed E-state index contributed by atoms with van der Waals surface area (Å²) in [5.41, 5.74) is 0. The Bertz CT molecular complexity index is 217. The molecule has 0 fully saturated rings. The fourth-order valence-corrected chi connectivity index (χ4v) is 1.43. The van der Waals surface area contributed by atoms with Crippen LogP contribution in [0.5, 0.6) is 0 Å². The van der Waals surface area contributed by atoms with E-state index in [9.17, 15) is 9.59 Å². The van der Waals surface area contributed by atoms with Gasteiger partial charge in [-0.1, -0.05) is 20.3 Å². The lowest BCUT2D eigenvalue weighted by Gasteiger charge is -2.19. The van der Waals surface area contributed by atoms with Crippen LogP contribution >= 0.6 is 0 Å². The predicted molar refractivity (Wildman–Crippen MR) is 65.1 cm³/mol. The zero-order valence-electron chi connectivity index (χ0n) is 10.7. The minimum atomic E-state index is 0.0378. The van der Waals surface area contributed by atoms with Crippen LogP contribution in [0.2, 0.25) is 0 Å². The average Bonchev–Trinajstić information content (AvgIpc) is 2.24. The lowest BCUT2D eigenvalue weighted by Crippen LogP contribution is -2.34. The first-order valence-corrected chi connectivity index (χ1v) is 6.14. The van der Waals surface area contributed by atoms with Gasteiger partial charge in [0.25, 0.3) is 0 Å². The van der Waals surface area contributed by atoms with Crippen molar-refractivity contribution in [3.8, 4) is 0 Å². The first kappa shape index (κ1) is 14.9. The molecule has 0 heterocycles.